The molecule has 0 spiro atoms. The first-order valence-corrected chi connectivity index (χ1v) is 7.97. The molecule has 3 rings (SSSR count). The number of aryl methyl sites for hydroxylation is 1. The fraction of sp³-hybridized carbons (Fsp3) is 0.429. The number of thiazole rings is 1. The zero-order valence-corrected chi connectivity index (χ0v) is 13.6. The minimum atomic E-state index is -0.00685. The van der Waals surface area contributed by atoms with E-state index in [0.717, 1.165) is 5.01 Å². The molecule has 0 radical (unpaired) electrons. The summed E-state index contributed by atoms with van der Waals surface area (Å²) in [5, 5.41) is 4.53. The van der Waals surface area contributed by atoms with Gasteiger partial charge in [0.2, 0.25) is 0 Å². The van der Waals surface area contributed by atoms with E-state index in [4.69, 9.17) is 5.73 Å². The summed E-state index contributed by atoms with van der Waals surface area (Å²) in [5.41, 5.74) is 7.27. The smallest absolute Gasteiger partial charge is 0.183 e. The zero-order valence-electron chi connectivity index (χ0n) is 12.8. The maximum absolute atomic E-state index is 5.99. The largest absolute Gasteiger partial charge is 0.382 e. The lowest BCUT2D eigenvalue weighted by Crippen LogP contribution is -2.27. The van der Waals surface area contributed by atoms with Crippen molar-refractivity contribution in [1.82, 2.24) is 30.2 Å². The Kier molecular flexibility index (Phi) is 4.04. The first-order chi connectivity index (χ1) is 10.5. The van der Waals surface area contributed by atoms with Crippen LogP contribution in [0, 0.1) is 12.8 Å². The lowest BCUT2D eigenvalue weighted by atomic mass is 10.0. The molecule has 3 aromatic heterocycles. The monoisotopic (exact) mass is 317 g/mol. The average molecular weight is 317 g/mol. The predicted molar refractivity (Wildman–Crippen MR) is 87.4 cm³/mol. The van der Waals surface area contributed by atoms with Gasteiger partial charge in [-0.3, -0.25) is 0 Å². The molecule has 1 unspecified atom stereocenters. The summed E-state index contributed by atoms with van der Waals surface area (Å²) < 4.78 is 0. The fourth-order valence-electron chi connectivity index (χ4n) is 2.32. The van der Waals surface area contributed by atoms with Crippen molar-refractivity contribution in [2.24, 2.45) is 5.92 Å². The van der Waals surface area contributed by atoms with Crippen LogP contribution in [-0.2, 0) is 6.54 Å². The number of imidazole rings is 1. The van der Waals surface area contributed by atoms with Gasteiger partial charge in [0.25, 0.3) is 0 Å². The Morgan fingerprint density at radius 2 is 2.14 bits per heavy atom. The number of rotatable bonds is 5. The SMILES string of the molecule is Cc1cnc(CNC(c2nc(N)c3[nH]cnc3n2)C(C)C)s1. The summed E-state index contributed by atoms with van der Waals surface area (Å²) in [6.45, 7) is 6.98. The third-order valence-electron chi connectivity index (χ3n) is 3.42. The number of hydrogen-bond acceptors (Lipinski definition) is 7. The number of nitrogens with one attached hydrogen (secondary N) is 2. The first-order valence-electron chi connectivity index (χ1n) is 7.15. The molecule has 0 aliphatic rings. The van der Waals surface area contributed by atoms with Gasteiger partial charge in [-0.2, -0.15) is 0 Å². The molecule has 22 heavy (non-hydrogen) atoms. The molecule has 3 heterocycles. The molecule has 0 aromatic carbocycles. The van der Waals surface area contributed by atoms with Crippen LogP contribution in [0.3, 0.4) is 0 Å². The van der Waals surface area contributed by atoms with E-state index in [2.05, 4.69) is 51.0 Å². The first kappa shape index (κ1) is 14.9. The van der Waals surface area contributed by atoms with Crippen molar-refractivity contribution in [1.29, 1.82) is 0 Å². The number of fused-ring (bicyclic) bond motifs is 1. The second-order valence-electron chi connectivity index (χ2n) is 5.54. The van der Waals surface area contributed by atoms with E-state index >= 15 is 0 Å². The Bertz CT molecular complexity index is 776. The number of nitrogens with zero attached hydrogens (tertiary/aromatic N) is 4. The molecule has 8 heteroatoms. The van der Waals surface area contributed by atoms with Gasteiger partial charge in [0, 0.05) is 17.6 Å². The topological polar surface area (TPSA) is 105 Å². The molecule has 3 aromatic rings. The van der Waals surface area contributed by atoms with Crippen molar-refractivity contribution in [3.8, 4) is 0 Å². The van der Waals surface area contributed by atoms with E-state index in [1.54, 1.807) is 17.7 Å². The van der Waals surface area contributed by atoms with E-state index in [-0.39, 0.29) is 6.04 Å². The minimum Gasteiger partial charge on any atom is -0.382 e. The van der Waals surface area contributed by atoms with Gasteiger partial charge in [-0.05, 0) is 12.8 Å². The lowest BCUT2D eigenvalue weighted by Gasteiger charge is -2.20. The summed E-state index contributed by atoms with van der Waals surface area (Å²) >= 11 is 1.69. The number of nitrogens with two attached hydrogens (primary N) is 1. The summed E-state index contributed by atoms with van der Waals surface area (Å²) in [5.74, 6) is 1.41. The van der Waals surface area contributed by atoms with Gasteiger partial charge in [-0.1, -0.05) is 13.8 Å². The van der Waals surface area contributed by atoms with Crippen molar-refractivity contribution in [3.05, 3.63) is 28.2 Å². The third kappa shape index (κ3) is 2.93. The van der Waals surface area contributed by atoms with Crippen molar-refractivity contribution < 1.29 is 0 Å². The molecule has 0 aliphatic carbocycles. The maximum Gasteiger partial charge on any atom is 0.183 e. The zero-order chi connectivity index (χ0) is 15.7. The van der Waals surface area contributed by atoms with E-state index < -0.39 is 0 Å². The van der Waals surface area contributed by atoms with Crippen LogP contribution >= 0.6 is 11.3 Å². The van der Waals surface area contributed by atoms with Crippen molar-refractivity contribution in [3.63, 3.8) is 0 Å². The van der Waals surface area contributed by atoms with Crippen LogP contribution in [0.4, 0.5) is 5.82 Å². The van der Waals surface area contributed by atoms with Crippen molar-refractivity contribution in [2.75, 3.05) is 5.73 Å². The Hall–Kier alpha value is -2.06. The van der Waals surface area contributed by atoms with Gasteiger partial charge in [0.1, 0.15) is 10.5 Å². The lowest BCUT2D eigenvalue weighted by molar-refractivity contribution is 0.393. The third-order valence-corrected chi connectivity index (χ3v) is 4.33. The number of aromatic nitrogens is 5. The highest BCUT2D eigenvalue weighted by Crippen LogP contribution is 2.23. The number of H-pyrrole nitrogens is 1. The van der Waals surface area contributed by atoms with Crippen LogP contribution in [0.5, 0.6) is 0 Å². The second kappa shape index (κ2) is 5.98. The van der Waals surface area contributed by atoms with Crippen molar-refractivity contribution >= 4 is 28.3 Å². The number of nitrogen functional groups attached to an aromatic ring is 1. The van der Waals surface area contributed by atoms with Crippen LogP contribution in [0.15, 0.2) is 12.5 Å². The molecule has 0 saturated carbocycles. The Labute approximate surface area is 132 Å². The van der Waals surface area contributed by atoms with Crippen LogP contribution in [0.1, 0.15) is 35.6 Å². The summed E-state index contributed by atoms with van der Waals surface area (Å²) in [4.78, 5) is 21.7. The summed E-state index contributed by atoms with van der Waals surface area (Å²) in [6.07, 6.45) is 3.46. The number of aromatic amines is 1. The highest BCUT2D eigenvalue weighted by molar-refractivity contribution is 7.11. The average Bonchev–Trinajstić information content (AvgIpc) is 3.08. The maximum atomic E-state index is 5.99. The molecular weight excluding hydrogens is 298 g/mol. The van der Waals surface area contributed by atoms with Gasteiger partial charge in [0.05, 0.1) is 12.4 Å². The van der Waals surface area contributed by atoms with Gasteiger partial charge in [0.15, 0.2) is 17.3 Å². The van der Waals surface area contributed by atoms with E-state index in [1.807, 2.05) is 6.20 Å². The molecule has 0 aliphatic heterocycles. The molecule has 7 nitrogen and oxygen atoms in total. The summed E-state index contributed by atoms with van der Waals surface area (Å²) in [6, 6.07) is -0.00685. The molecule has 0 bridgehead atoms. The molecule has 0 amide bonds. The predicted octanol–water partition coefficient (Wildman–Crippen LogP) is 2.19. The standard InChI is InChI=1S/C14H19N7S/c1-7(2)10(17-5-9-16-4-8(3)22-9)14-20-12(15)11-13(21-14)19-6-18-11/h4,6-7,10,17H,5H2,1-3H3,(H3,15,18,19,20,21). The Morgan fingerprint density at radius 3 is 2.82 bits per heavy atom. The van der Waals surface area contributed by atoms with Gasteiger partial charge >= 0.3 is 0 Å². The quantitative estimate of drug-likeness (QED) is 0.666. The van der Waals surface area contributed by atoms with Gasteiger partial charge in [-0.25, -0.2) is 19.9 Å². The van der Waals surface area contributed by atoms with Crippen LogP contribution in [0.25, 0.3) is 11.2 Å². The molecule has 1 atom stereocenters. The minimum absolute atomic E-state index is 0.00685. The van der Waals surface area contributed by atoms with Gasteiger partial charge in [-0.15, -0.1) is 11.3 Å². The molecule has 0 fully saturated rings. The fourth-order valence-corrected chi connectivity index (χ4v) is 3.06. The molecule has 4 N–H and O–H groups in total. The molecular formula is C14H19N7S. The van der Waals surface area contributed by atoms with E-state index in [9.17, 15) is 0 Å². The van der Waals surface area contributed by atoms with E-state index in [0.29, 0.717) is 35.3 Å². The van der Waals surface area contributed by atoms with Crippen LogP contribution in [0.2, 0.25) is 0 Å². The number of anilines is 1. The molecule has 116 valence electrons. The second-order valence-corrected chi connectivity index (χ2v) is 6.85. The van der Waals surface area contributed by atoms with E-state index in [1.165, 1.54) is 4.88 Å². The Balaban J connectivity index is 1.85. The van der Waals surface area contributed by atoms with Crippen molar-refractivity contribution in [2.45, 2.75) is 33.4 Å². The van der Waals surface area contributed by atoms with Gasteiger partial charge < -0.3 is 16.0 Å². The Morgan fingerprint density at radius 1 is 1.32 bits per heavy atom. The highest BCUT2D eigenvalue weighted by atomic mass is 32.1. The highest BCUT2D eigenvalue weighted by Gasteiger charge is 2.21. The summed E-state index contributed by atoms with van der Waals surface area (Å²) in [7, 11) is 0. The van der Waals surface area contributed by atoms with Crippen LogP contribution in [-0.4, -0.2) is 24.9 Å². The normalized spacial score (nSPS) is 13.1. The van der Waals surface area contributed by atoms with Crippen LogP contribution < -0.4 is 11.1 Å². The molecule has 0 saturated heterocycles. The number of hydrogen-bond donors (Lipinski definition) is 3.